The maximum Gasteiger partial charge on any atom is 0.310 e. The van der Waals surface area contributed by atoms with Gasteiger partial charge in [-0.05, 0) is 31.0 Å². The van der Waals surface area contributed by atoms with Crippen molar-refractivity contribution in [1.82, 2.24) is 4.98 Å². The summed E-state index contributed by atoms with van der Waals surface area (Å²) in [5.74, 6) is -0.741. The number of hydrogen-bond acceptors (Lipinski definition) is 3. The Bertz CT molecular complexity index is 605. The lowest BCUT2D eigenvalue weighted by molar-refractivity contribution is -0.149. The van der Waals surface area contributed by atoms with Crippen LogP contribution in [0.2, 0.25) is 5.02 Å². The molecule has 0 aliphatic rings. The zero-order valence-corrected chi connectivity index (χ0v) is 12.5. The lowest BCUT2D eigenvalue weighted by Gasteiger charge is -2.25. The van der Waals surface area contributed by atoms with E-state index in [2.05, 4.69) is 4.98 Å². The minimum atomic E-state index is -0.741. The first-order chi connectivity index (χ1) is 9.00. The predicted molar refractivity (Wildman–Crippen MR) is 79.0 cm³/mol. The van der Waals surface area contributed by atoms with Gasteiger partial charge in [-0.3, -0.25) is 4.79 Å². The highest BCUT2D eigenvalue weighted by Crippen LogP contribution is 2.34. The van der Waals surface area contributed by atoms with E-state index in [4.69, 9.17) is 11.6 Å². The van der Waals surface area contributed by atoms with Crippen LogP contribution in [0.25, 0.3) is 10.2 Å². The molecule has 0 bridgehead atoms. The van der Waals surface area contributed by atoms with Crippen LogP contribution in [0.4, 0.5) is 0 Å². The van der Waals surface area contributed by atoms with Gasteiger partial charge in [0.2, 0.25) is 0 Å². The molecule has 0 radical (unpaired) electrons. The summed E-state index contributed by atoms with van der Waals surface area (Å²) in [5.41, 5.74) is 0.174. The average Bonchev–Trinajstić information content (AvgIpc) is 2.77. The zero-order chi connectivity index (χ0) is 14.0. The van der Waals surface area contributed by atoms with Crippen molar-refractivity contribution in [3.05, 3.63) is 28.2 Å². The summed E-state index contributed by atoms with van der Waals surface area (Å²) in [6.45, 7) is 3.84. The minimum absolute atomic E-state index is 0.478. The molecule has 2 aromatic rings. The van der Waals surface area contributed by atoms with Gasteiger partial charge in [0, 0.05) is 11.4 Å². The van der Waals surface area contributed by atoms with Crippen molar-refractivity contribution < 1.29 is 9.90 Å². The fourth-order valence-corrected chi connectivity index (χ4v) is 3.58. The second-order valence-corrected chi connectivity index (χ2v) is 6.24. The lowest BCUT2D eigenvalue weighted by atomic mass is 9.79. The summed E-state index contributed by atoms with van der Waals surface area (Å²) in [4.78, 5) is 16.0. The molecule has 0 saturated heterocycles. The van der Waals surface area contributed by atoms with Crippen molar-refractivity contribution in [2.45, 2.75) is 33.1 Å². The molecule has 2 rings (SSSR count). The van der Waals surface area contributed by atoms with E-state index in [9.17, 15) is 9.90 Å². The van der Waals surface area contributed by atoms with Crippen molar-refractivity contribution in [2.24, 2.45) is 5.41 Å². The minimum Gasteiger partial charge on any atom is -0.481 e. The van der Waals surface area contributed by atoms with Gasteiger partial charge in [-0.25, -0.2) is 4.98 Å². The second-order valence-electron chi connectivity index (χ2n) is 4.69. The molecule has 0 amide bonds. The van der Waals surface area contributed by atoms with Crippen LogP contribution in [0.15, 0.2) is 18.2 Å². The Hall–Kier alpha value is -1.13. The summed E-state index contributed by atoms with van der Waals surface area (Å²) in [5, 5.41) is 11.0. The first-order valence-electron chi connectivity index (χ1n) is 6.29. The highest BCUT2D eigenvalue weighted by Gasteiger charge is 2.36. The maximum absolute atomic E-state index is 11.5. The number of thiazole rings is 1. The van der Waals surface area contributed by atoms with E-state index in [1.165, 1.54) is 11.3 Å². The first-order valence-corrected chi connectivity index (χ1v) is 7.48. The molecular formula is C14H16ClNO2S. The van der Waals surface area contributed by atoms with Crippen molar-refractivity contribution >= 4 is 39.1 Å². The number of aliphatic carboxylic acids is 1. The Kier molecular flexibility index (Phi) is 4.11. The van der Waals surface area contributed by atoms with Crippen LogP contribution in [0, 0.1) is 5.41 Å². The van der Waals surface area contributed by atoms with Crippen LogP contribution >= 0.6 is 22.9 Å². The molecule has 19 heavy (non-hydrogen) atoms. The zero-order valence-electron chi connectivity index (χ0n) is 10.9. The molecular weight excluding hydrogens is 282 g/mol. The number of carbonyl (C=O) groups is 1. The molecule has 0 aliphatic heterocycles. The van der Waals surface area contributed by atoms with Crippen molar-refractivity contribution in [3.63, 3.8) is 0 Å². The molecule has 5 heteroatoms. The lowest BCUT2D eigenvalue weighted by Crippen LogP contribution is -2.32. The third-order valence-corrected chi connectivity index (χ3v) is 4.94. The van der Waals surface area contributed by atoms with Gasteiger partial charge in [-0.1, -0.05) is 25.4 Å². The van der Waals surface area contributed by atoms with E-state index >= 15 is 0 Å². The Morgan fingerprint density at radius 1 is 1.42 bits per heavy atom. The fraction of sp³-hybridized carbons (Fsp3) is 0.429. The molecule has 1 heterocycles. The third kappa shape index (κ3) is 2.74. The Morgan fingerprint density at radius 2 is 2.11 bits per heavy atom. The number of carboxylic acids is 1. The van der Waals surface area contributed by atoms with E-state index in [1.807, 2.05) is 26.0 Å². The number of carboxylic acid groups (broad SMARTS) is 1. The standard InChI is InChI=1S/C14H16ClNO2S/c1-3-14(4-2,13(17)18)8-12-16-10-6-5-9(15)7-11(10)19-12/h5-7H,3-4,8H2,1-2H3,(H,17,18). The molecule has 0 unspecified atom stereocenters. The largest absolute Gasteiger partial charge is 0.481 e. The van der Waals surface area contributed by atoms with E-state index in [0.717, 1.165) is 15.2 Å². The first kappa shape index (κ1) is 14.3. The van der Waals surface area contributed by atoms with E-state index in [0.29, 0.717) is 24.3 Å². The highest BCUT2D eigenvalue weighted by molar-refractivity contribution is 7.18. The van der Waals surface area contributed by atoms with E-state index < -0.39 is 11.4 Å². The van der Waals surface area contributed by atoms with Gasteiger partial charge in [-0.2, -0.15) is 0 Å². The summed E-state index contributed by atoms with van der Waals surface area (Å²) in [6, 6.07) is 5.55. The molecule has 0 atom stereocenters. The molecule has 1 aromatic carbocycles. The molecule has 1 N–H and O–H groups in total. The van der Waals surface area contributed by atoms with Crippen LogP contribution in [0.1, 0.15) is 31.7 Å². The van der Waals surface area contributed by atoms with Crippen molar-refractivity contribution in [2.75, 3.05) is 0 Å². The Labute approximate surface area is 121 Å². The molecule has 0 fully saturated rings. The van der Waals surface area contributed by atoms with Gasteiger partial charge in [0.25, 0.3) is 0 Å². The molecule has 0 spiro atoms. The number of nitrogens with zero attached hydrogens (tertiary/aromatic N) is 1. The van der Waals surface area contributed by atoms with Crippen LogP contribution < -0.4 is 0 Å². The maximum atomic E-state index is 11.5. The van der Waals surface area contributed by atoms with Crippen LogP contribution in [-0.4, -0.2) is 16.1 Å². The molecule has 102 valence electrons. The van der Waals surface area contributed by atoms with Crippen LogP contribution in [-0.2, 0) is 11.2 Å². The Balaban J connectivity index is 2.36. The van der Waals surface area contributed by atoms with Gasteiger partial charge >= 0.3 is 5.97 Å². The van der Waals surface area contributed by atoms with Crippen molar-refractivity contribution in [1.29, 1.82) is 0 Å². The molecule has 1 aromatic heterocycles. The van der Waals surface area contributed by atoms with Gasteiger partial charge in [0.15, 0.2) is 0 Å². The Morgan fingerprint density at radius 3 is 2.68 bits per heavy atom. The van der Waals surface area contributed by atoms with Crippen molar-refractivity contribution in [3.8, 4) is 0 Å². The number of benzene rings is 1. The van der Waals surface area contributed by atoms with Gasteiger partial charge < -0.3 is 5.11 Å². The van der Waals surface area contributed by atoms with E-state index in [-0.39, 0.29) is 0 Å². The smallest absolute Gasteiger partial charge is 0.310 e. The SMILES string of the molecule is CCC(CC)(Cc1nc2ccc(Cl)cc2s1)C(=O)O. The normalized spacial score (nSPS) is 11.9. The van der Waals surface area contributed by atoms with E-state index in [1.54, 1.807) is 6.07 Å². The molecule has 0 aliphatic carbocycles. The third-order valence-electron chi connectivity index (χ3n) is 3.69. The highest BCUT2D eigenvalue weighted by atomic mass is 35.5. The summed E-state index contributed by atoms with van der Waals surface area (Å²) >= 11 is 7.48. The predicted octanol–water partition coefficient (Wildman–Crippen LogP) is 4.38. The monoisotopic (exact) mass is 297 g/mol. The number of hydrogen-bond donors (Lipinski definition) is 1. The summed E-state index contributed by atoms with van der Waals surface area (Å²) < 4.78 is 1.01. The summed E-state index contributed by atoms with van der Waals surface area (Å²) in [7, 11) is 0. The quantitative estimate of drug-likeness (QED) is 0.891. The molecule has 0 saturated carbocycles. The number of aromatic nitrogens is 1. The second kappa shape index (κ2) is 5.47. The van der Waals surface area contributed by atoms with Gasteiger partial charge in [0.05, 0.1) is 20.6 Å². The fourth-order valence-electron chi connectivity index (χ4n) is 2.19. The van der Waals surface area contributed by atoms with Crippen LogP contribution in [0.3, 0.4) is 0 Å². The molecule has 3 nitrogen and oxygen atoms in total. The topological polar surface area (TPSA) is 50.2 Å². The average molecular weight is 298 g/mol. The number of halogens is 1. The van der Waals surface area contributed by atoms with Gasteiger partial charge in [-0.15, -0.1) is 11.3 Å². The van der Waals surface area contributed by atoms with Gasteiger partial charge in [0.1, 0.15) is 0 Å². The number of rotatable bonds is 5. The summed E-state index contributed by atoms with van der Waals surface area (Å²) in [6.07, 6.45) is 1.69. The van der Waals surface area contributed by atoms with Crippen LogP contribution in [0.5, 0.6) is 0 Å². The number of fused-ring (bicyclic) bond motifs is 1.